The molecule has 0 aliphatic heterocycles. The first-order chi connectivity index (χ1) is 7.68. The fraction of sp³-hybridized carbons (Fsp3) is 0.182. The zero-order valence-electron chi connectivity index (χ0n) is 8.64. The number of hydrogen-bond donors (Lipinski definition) is 0. The summed E-state index contributed by atoms with van der Waals surface area (Å²) in [5.41, 5.74) is 1.51. The molecular formula is C11H10ClNO2S. The molecule has 0 spiro atoms. The Morgan fingerprint density at radius 2 is 2.38 bits per heavy atom. The first-order valence-electron chi connectivity index (χ1n) is 4.68. The molecule has 0 aliphatic carbocycles. The molecule has 0 unspecified atom stereocenters. The van der Waals surface area contributed by atoms with Crippen LogP contribution in [0.2, 0.25) is 5.22 Å². The van der Waals surface area contributed by atoms with Crippen LogP contribution in [0, 0.1) is 0 Å². The number of nitrogens with zero attached hydrogens (tertiary/aromatic N) is 1. The van der Waals surface area contributed by atoms with Gasteiger partial charge in [0.25, 0.3) is 5.91 Å². The van der Waals surface area contributed by atoms with E-state index in [4.69, 9.17) is 16.0 Å². The fourth-order valence-electron chi connectivity index (χ4n) is 1.38. The summed E-state index contributed by atoms with van der Waals surface area (Å²) >= 11 is 7.36. The molecule has 0 bridgehead atoms. The summed E-state index contributed by atoms with van der Waals surface area (Å²) in [4.78, 5) is 13.5. The zero-order chi connectivity index (χ0) is 11.5. The molecule has 84 valence electrons. The van der Waals surface area contributed by atoms with Crippen molar-refractivity contribution in [3.05, 3.63) is 45.5 Å². The number of thiophene rings is 1. The van der Waals surface area contributed by atoms with Gasteiger partial charge in [0.2, 0.25) is 5.22 Å². The minimum absolute atomic E-state index is 0.134. The highest BCUT2D eigenvalue weighted by Gasteiger charge is 2.17. The topological polar surface area (TPSA) is 33.5 Å². The van der Waals surface area contributed by atoms with E-state index in [1.807, 2.05) is 16.8 Å². The van der Waals surface area contributed by atoms with Crippen molar-refractivity contribution < 1.29 is 9.21 Å². The van der Waals surface area contributed by atoms with E-state index in [-0.39, 0.29) is 11.1 Å². The average Bonchev–Trinajstić information content (AvgIpc) is 2.88. The van der Waals surface area contributed by atoms with Crippen LogP contribution in [0.1, 0.15) is 15.9 Å². The van der Waals surface area contributed by atoms with Crippen LogP contribution >= 0.6 is 22.9 Å². The standard InChI is InChI=1S/C11H10ClNO2S/c1-13(6-8-3-5-16-7-8)11(14)9-2-4-15-10(9)12/h2-5,7H,6H2,1H3. The van der Waals surface area contributed by atoms with Crippen molar-refractivity contribution in [2.24, 2.45) is 0 Å². The van der Waals surface area contributed by atoms with E-state index in [0.29, 0.717) is 12.1 Å². The van der Waals surface area contributed by atoms with Crippen LogP contribution in [-0.4, -0.2) is 17.9 Å². The molecule has 1 amide bonds. The van der Waals surface area contributed by atoms with E-state index in [2.05, 4.69) is 0 Å². The number of furan rings is 1. The van der Waals surface area contributed by atoms with Crippen LogP contribution in [0.5, 0.6) is 0 Å². The maximum absolute atomic E-state index is 11.9. The van der Waals surface area contributed by atoms with Crippen LogP contribution in [-0.2, 0) is 6.54 Å². The molecule has 5 heteroatoms. The second-order valence-electron chi connectivity index (χ2n) is 3.40. The molecule has 2 aromatic heterocycles. The molecule has 0 saturated carbocycles. The molecule has 0 saturated heterocycles. The Bertz CT molecular complexity index is 478. The van der Waals surface area contributed by atoms with Crippen molar-refractivity contribution in [1.29, 1.82) is 0 Å². The van der Waals surface area contributed by atoms with Gasteiger partial charge in [-0.05, 0) is 40.1 Å². The van der Waals surface area contributed by atoms with Crippen molar-refractivity contribution >= 4 is 28.8 Å². The molecule has 3 nitrogen and oxygen atoms in total. The van der Waals surface area contributed by atoms with E-state index < -0.39 is 0 Å². The van der Waals surface area contributed by atoms with Gasteiger partial charge in [0.1, 0.15) is 0 Å². The Morgan fingerprint density at radius 1 is 1.56 bits per heavy atom. The van der Waals surface area contributed by atoms with Gasteiger partial charge in [-0.15, -0.1) is 0 Å². The number of carbonyl (C=O) groups is 1. The fourth-order valence-corrected chi connectivity index (χ4v) is 2.24. The largest absolute Gasteiger partial charge is 0.452 e. The Balaban J connectivity index is 2.08. The number of amides is 1. The summed E-state index contributed by atoms with van der Waals surface area (Å²) in [6.07, 6.45) is 1.41. The first kappa shape index (κ1) is 11.2. The SMILES string of the molecule is CN(Cc1ccsc1)C(=O)c1ccoc1Cl. The number of carbonyl (C=O) groups excluding carboxylic acids is 1. The molecule has 2 aromatic rings. The van der Waals surface area contributed by atoms with Crippen molar-refractivity contribution in [1.82, 2.24) is 4.90 Å². The molecule has 2 rings (SSSR count). The zero-order valence-corrected chi connectivity index (χ0v) is 10.2. The molecule has 0 N–H and O–H groups in total. The van der Waals surface area contributed by atoms with Crippen LogP contribution in [0.15, 0.2) is 33.6 Å². The Labute approximate surface area is 102 Å². The summed E-state index contributed by atoms with van der Waals surface area (Å²) in [5, 5.41) is 4.14. The lowest BCUT2D eigenvalue weighted by molar-refractivity contribution is 0.0785. The third-order valence-corrected chi connectivity index (χ3v) is 3.22. The molecule has 0 atom stereocenters. The molecular weight excluding hydrogens is 246 g/mol. The van der Waals surface area contributed by atoms with Gasteiger partial charge in [-0.1, -0.05) is 0 Å². The minimum Gasteiger partial charge on any atom is -0.452 e. The average molecular weight is 256 g/mol. The van der Waals surface area contributed by atoms with Crippen LogP contribution < -0.4 is 0 Å². The molecule has 16 heavy (non-hydrogen) atoms. The van der Waals surface area contributed by atoms with Gasteiger partial charge in [0, 0.05) is 13.6 Å². The minimum atomic E-state index is -0.134. The van der Waals surface area contributed by atoms with Crippen molar-refractivity contribution in [3.8, 4) is 0 Å². The Morgan fingerprint density at radius 3 is 2.94 bits per heavy atom. The van der Waals surface area contributed by atoms with E-state index in [9.17, 15) is 4.79 Å². The lowest BCUT2D eigenvalue weighted by atomic mass is 10.2. The monoisotopic (exact) mass is 255 g/mol. The van der Waals surface area contributed by atoms with Crippen molar-refractivity contribution in [3.63, 3.8) is 0 Å². The molecule has 2 heterocycles. The quantitative estimate of drug-likeness (QED) is 0.843. The maximum atomic E-state index is 11.9. The number of halogens is 1. The maximum Gasteiger partial charge on any atom is 0.258 e. The third kappa shape index (κ3) is 2.28. The Kier molecular flexibility index (Phi) is 3.31. The highest BCUT2D eigenvalue weighted by atomic mass is 35.5. The van der Waals surface area contributed by atoms with Crippen molar-refractivity contribution in [2.75, 3.05) is 7.05 Å². The van der Waals surface area contributed by atoms with E-state index in [1.165, 1.54) is 6.26 Å². The molecule has 0 aromatic carbocycles. The molecule has 0 fully saturated rings. The van der Waals surface area contributed by atoms with E-state index in [1.54, 1.807) is 29.4 Å². The van der Waals surface area contributed by atoms with Gasteiger partial charge in [0.05, 0.1) is 11.8 Å². The summed E-state index contributed by atoms with van der Waals surface area (Å²) in [5.74, 6) is -0.134. The highest BCUT2D eigenvalue weighted by molar-refractivity contribution is 7.07. The lowest BCUT2D eigenvalue weighted by Gasteiger charge is -2.15. The second kappa shape index (κ2) is 4.72. The molecule has 0 radical (unpaired) electrons. The predicted octanol–water partition coefficient (Wildman–Crippen LogP) is 3.27. The summed E-state index contributed by atoms with van der Waals surface area (Å²) in [6.45, 7) is 0.573. The summed E-state index contributed by atoms with van der Waals surface area (Å²) in [6, 6.07) is 3.57. The van der Waals surface area contributed by atoms with Crippen molar-refractivity contribution in [2.45, 2.75) is 6.54 Å². The van der Waals surface area contributed by atoms with Gasteiger partial charge in [0.15, 0.2) is 0 Å². The molecule has 0 aliphatic rings. The van der Waals surface area contributed by atoms with Gasteiger partial charge in [-0.3, -0.25) is 4.79 Å². The van der Waals surface area contributed by atoms with Gasteiger partial charge in [-0.2, -0.15) is 11.3 Å². The first-order valence-corrected chi connectivity index (χ1v) is 6.00. The highest BCUT2D eigenvalue weighted by Crippen LogP contribution is 2.19. The predicted molar refractivity (Wildman–Crippen MR) is 63.8 cm³/mol. The smallest absolute Gasteiger partial charge is 0.258 e. The van der Waals surface area contributed by atoms with Gasteiger partial charge < -0.3 is 9.32 Å². The Hall–Kier alpha value is -1.26. The van der Waals surface area contributed by atoms with E-state index in [0.717, 1.165) is 5.56 Å². The van der Waals surface area contributed by atoms with Gasteiger partial charge in [-0.25, -0.2) is 0 Å². The van der Waals surface area contributed by atoms with Crippen LogP contribution in [0.3, 0.4) is 0 Å². The van der Waals surface area contributed by atoms with E-state index >= 15 is 0 Å². The van der Waals surface area contributed by atoms with Gasteiger partial charge >= 0.3 is 0 Å². The summed E-state index contributed by atoms with van der Waals surface area (Å²) < 4.78 is 4.89. The number of hydrogen-bond acceptors (Lipinski definition) is 3. The lowest BCUT2D eigenvalue weighted by Crippen LogP contribution is -2.25. The normalized spacial score (nSPS) is 10.4. The third-order valence-electron chi connectivity index (χ3n) is 2.19. The van der Waals surface area contributed by atoms with Crippen LogP contribution in [0.25, 0.3) is 0 Å². The summed E-state index contributed by atoms with van der Waals surface area (Å²) in [7, 11) is 1.74. The van der Waals surface area contributed by atoms with Crippen LogP contribution in [0.4, 0.5) is 0 Å². The second-order valence-corrected chi connectivity index (χ2v) is 4.52. The number of rotatable bonds is 3.